The zero-order valence-electron chi connectivity index (χ0n) is 8.93. The molecule has 1 atom stereocenters. The van der Waals surface area contributed by atoms with E-state index in [0.29, 0.717) is 6.42 Å². The number of alkyl halides is 1. The maximum atomic E-state index is 11.5. The van der Waals surface area contributed by atoms with Crippen LogP contribution in [0.1, 0.15) is 64.2 Å². The predicted molar refractivity (Wildman–Crippen MR) is 60.8 cm³/mol. The number of hydrogen-bond donors (Lipinski definition) is 0. The van der Waals surface area contributed by atoms with E-state index in [2.05, 4.69) is 0 Å². The molecule has 0 unspecified atom stereocenters. The van der Waals surface area contributed by atoms with E-state index < -0.39 is 0 Å². The van der Waals surface area contributed by atoms with Gasteiger partial charge in [-0.2, -0.15) is 0 Å². The lowest BCUT2D eigenvalue weighted by Gasteiger charge is -2.10. The van der Waals surface area contributed by atoms with Crippen LogP contribution in [0, 0.1) is 0 Å². The summed E-state index contributed by atoms with van der Waals surface area (Å²) >= 11 is 6.01. The number of rotatable bonds is 0. The van der Waals surface area contributed by atoms with Crippen molar-refractivity contribution in [1.29, 1.82) is 0 Å². The second kappa shape index (κ2) is 7.28. The SMILES string of the molecule is O=C1CCCCCCCCCC[C@H]1Cl. The van der Waals surface area contributed by atoms with Gasteiger partial charge in [-0.15, -0.1) is 11.6 Å². The van der Waals surface area contributed by atoms with Crippen LogP contribution in [0.15, 0.2) is 0 Å². The Labute approximate surface area is 92.2 Å². The zero-order chi connectivity index (χ0) is 10.2. The van der Waals surface area contributed by atoms with Crippen LogP contribution in [0.25, 0.3) is 0 Å². The summed E-state index contributed by atoms with van der Waals surface area (Å²) in [6.07, 6.45) is 11.5. The number of carbonyl (C=O) groups excluding carboxylic acids is 1. The highest BCUT2D eigenvalue weighted by Gasteiger charge is 2.14. The number of Topliss-reactive ketones (excluding diaryl/α,β-unsaturated/α-hetero) is 1. The zero-order valence-corrected chi connectivity index (χ0v) is 9.69. The van der Waals surface area contributed by atoms with Gasteiger partial charge in [0.1, 0.15) is 0 Å². The van der Waals surface area contributed by atoms with Crippen LogP contribution in [0.2, 0.25) is 0 Å². The summed E-state index contributed by atoms with van der Waals surface area (Å²) in [4.78, 5) is 11.5. The van der Waals surface area contributed by atoms with E-state index >= 15 is 0 Å². The van der Waals surface area contributed by atoms with Gasteiger partial charge in [0.2, 0.25) is 0 Å². The van der Waals surface area contributed by atoms with Crippen molar-refractivity contribution in [2.24, 2.45) is 0 Å². The van der Waals surface area contributed by atoms with Crippen molar-refractivity contribution in [2.45, 2.75) is 69.6 Å². The largest absolute Gasteiger partial charge is 0.298 e. The first-order chi connectivity index (χ1) is 6.80. The van der Waals surface area contributed by atoms with Gasteiger partial charge in [0.15, 0.2) is 5.78 Å². The van der Waals surface area contributed by atoms with E-state index in [1.807, 2.05) is 0 Å². The molecule has 0 amide bonds. The molecule has 0 bridgehead atoms. The molecule has 82 valence electrons. The third-order valence-corrected chi connectivity index (χ3v) is 3.44. The van der Waals surface area contributed by atoms with E-state index in [9.17, 15) is 4.79 Å². The van der Waals surface area contributed by atoms with E-state index in [0.717, 1.165) is 19.3 Å². The molecular formula is C12H21ClO. The first-order valence-corrected chi connectivity index (χ1v) is 6.41. The average molecular weight is 217 g/mol. The van der Waals surface area contributed by atoms with Crippen LogP contribution >= 0.6 is 11.6 Å². The number of ketones is 1. The minimum Gasteiger partial charge on any atom is -0.298 e. The van der Waals surface area contributed by atoms with Gasteiger partial charge in [-0.3, -0.25) is 4.79 Å². The molecule has 0 N–H and O–H groups in total. The molecule has 1 aliphatic carbocycles. The van der Waals surface area contributed by atoms with Gasteiger partial charge in [0, 0.05) is 6.42 Å². The maximum absolute atomic E-state index is 11.5. The third kappa shape index (κ3) is 4.99. The molecule has 0 spiro atoms. The molecule has 0 aromatic heterocycles. The molecule has 0 aliphatic heterocycles. The van der Waals surface area contributed by atoms with Crippen molar-refractivity contribution < 1.29 is 4.79 Å². The predicted octanol–water partition coefficient (Wildman–Crippen LogP) is 4.08. The van der Waals surface area contributed by atoms with Crippen LogP contribution in [-0.4, -0.2) is 11.2 Å². The first kappa shape index (κ1) is 12.0. The normalized spacial score (nSPS) is 27.8. The minimum atomic E-state index is -0.200. The Morgan fingerprint density at radius 1 is 0.857 bits per heavy atom. The van der Waals surface area contributed by atoms with Crippen LogP contribution in [0.4, 0.5) is 0 Å². The van der Waals surface area contributed by atoms with Gasteiger partial charge in [-0.25, -0.2) is 0 Å². The van der Waals surface area contributed by atoms with Crippen LogP contribution < -0.4 is 0 Å². The van der Waals surface area contributed by atoms with Gasteiger partial charge in [0.05, 0.1) is 5.38 Å². The summed E-state index contributed by atoms with van der Waals surface area (Å²) in [6.45, 7) is 0. The van der Waals surface area contributed by atoms with Crippen molar-refractivity contribution >= 4 is 17.4 Å². The summed E-state index contributed by atoms with van der Waals surface area (Å²) < 4.78 is 0. The summed E-state index contributed by atoms with van der Waals surface area (Å²) in [5.41, 5.74) is 0. The molecule has 0 heterocycles. The molecule has 0 radical (unpaired) electrons. The fraction of sp³-hybridized carbons (Fsp3) is 0.917. The lowest BCUT2D eigenvalue weighted by Crippen LogP contribution is -2.14. The summed E-state index contributed by atoms with van der Waals surface area (Å²) in [5.74, 6) is 0.271. The lowest BCUT2D eigenvalue weighted by molar-refractivity contribution is -0.119. The third-order valence-electron chi connectivity index (χ3n) is 2.98. The lowest BCUT2D eigenvalue weighted by atomic mass is 10.0. The highest BCUT2D eigenvalue weighted by Crippen LogP contribution is 2.17. The fourth-order valence-electron chi connectivity index (χ4n) is 2.00. The van der Waals surface area contributed by atoms with E-state index in [1.54, 1.807) is 0 Å². The van der Waals surface area contributed by atoms with Gasteiger partial charge in [0.25, 0.3) is 0 Å². The summed E-state index contributed by atoms with van der Waals surface area (Å²) in [6, 6.07) is 0. The molecule has 1 aliphatic rings. The molecule has 0 saturated heterocycles. The second-order valence-electron chi connectivity index (χ2n) is 4.30. The summed E-state index contributed by atoms with van der Waals surface area (Å²) in [7, 11) is 0. The Hall–Kier alpha value is -0.0400. The first-order valence-electron chi connectivity index (χ1n) is 5.97. The van der Waals surface area contributed by atoms with Crippen molar-refractivity contribution in [3.63, 3.8) is 0 Å². The number of halogens is 1. The molecule has 0 aromatic carbocycles. The maximum Gasteiger partial charge on any atom is 0.150 e. The molecule has 0 aromatic rings. The highest BCUT2D eigenvalue weighted by molar-refractivity contribution is 6.31. The molecule has 1 saturated carbocycles. The Bertz CT molecular complexity index is 168. The van der Waals surface area contributed by atoms with Crippen molar-refractivity contribution in [3.05, 3.63) is 0 Å². The monoisotopic (exact) mass is 216 g/mol. The fourth-order valence-corrected chi connectivity index (χ4v) is 2.26. The molecule has 1 rings (SSSR count). The average Bonchev–Trinajstić information content (AvgIpc) is 2.18. The standard InChI is InChI=1S/C12H21ClO/c13-11-9-7-5-3-1-2-4-6-8-10-12(11)14/h11H,1-10H2/t11-/m1/s1. The topological polar surface area (TPSA) is 17.1 Å². The Morgan fingerprint density at radius 2 is 1.36 bits per heavy atom. The molecule has 14 heavy (non-hydrogen) atoms. The number of hydrogen-bond acceptors (Lipinski definition) is 1. The van der Waals surface area contributed by atoms with Gasteiger partial charge in [-0.1, -0.05) is 44.9 Å². The van der Waals surface area contributed by atoms with Crippen molar-refractivity contribution in [2.75, 3.05) is 0 Å². The van der Waals surface area contributed by atoms with Crippen LogP contribution in [0.5, 0.6) is 0 Å². The van der Waals surface area contributed by atoms with E-state index in [4.69, 9.17) is 11.6 Å². The van der Waals surface area contributed by atoms with Crippen LogP contribution in [0.3, 0.4) is 0 Å². The van der Waals surface area contributed by atoms with E-state index in [-0.39, 0.29) is 11.2 Å². The smallest absolute Gasteiger partial charge is 0.150 e. The van der Waals surface area contributed by atoms with Gasteiger partial charge >= 0.3 is 0 Å². The molecular weight excluding hydrogens is 196 g/mol. The summed E-state index contributed by atoms with van der Waals surface area (Å²) in [5, 5.41) is -0.200. The quantitative estimate of drug-likeness (QED) is 0.558. The van der Waals surface area contributed by atoms with Crippen molar-refractivity contribution in [1.82, 2.24) is 0 Å². The minimum absolute atomic E-state index is 0.200. The molecule has 2 heteroatoms. The Balaban J connectivity index is 2.27. The molecule has 1 fully saturated rings. The second-order valence-corrected chi connectivity index (χ2v) is 4.83. The Morgan fingerprint density at radius 3 is 2.00 bits per heavy atom. The van der Waals surface area contributed by atoms with Crippen molar-refractivity contribution in [3.8, 4) is 0 Å². The highest BCUT2D eigenvalue weighted by atomic mass is 35.5. The van der Waals surface area contributed by atoms with Gasteiger partial charge < -0.3 is 0 Å². The number of carbonyl (C=O) groups is 1. The molecule has 1 nitrogen and oxygen atoms in total. The Kier molecular flexibility index (Phi) is 6.25. The van der Waals surface area contributed by atoms with E-state index in [1.165, 1.54) is 38.5 Å². The van der Waals surface area contributed by atoms with Gasteiger partial charge in [-0.05, 0) is 12.8 Å². The van der Waals surface area contributed by atoms with Crippen LogP contribution in [-0.2, 0) is 4.79 Å².